The highest BCUT2D eigenvalue weighted by Crippen LogP contribution is 2.45. The Labute approximate surface area is 620 Å². The number of hydrogen-bond donors (Lipinski definition) is 3. The number of phosphoric ester groups is 2. The molecular formula is C83H146O17P2. The van der Waals surface area contributed by atoms with Gasteiger partial charge in [-0.25, -0.2) is 9.13 Å². The van der Waals surface area contributed by atoms with E-state index in [0.717, 1.165) is 186 Å². The number of allylic oxidation sites excluding steroid dienone is 16. The molecule has 0 spiro atoms. The first-order chi connectivity index (χ1) is 49.7. The highest BCUT2D eigenvalue weighted by molar-refractivity contribution is 7.47. The number of ether oxygens (including phenoxy) is 4. The lowest BCUT2D eigenvalue weighted by Crippen LogP contribution is -2.30. The summed E-state index contributed by atoms with van der Waals surface area (Å²) in [6.07, 6.45) is 79.5. The molecule has 590 valence electrons. The Kier molecular flexibility index (Phi) is 72.3. The van der Waals surface area contributed by atoms with Crippen LogP contribution >= 0.6 is 15.6 Å². The molecule has 0 aromatic rings. The van der Waals surface area contributed by atoms with Gasteiger partial charge in [-0.05, 0) is 122 Å². The van der Waals surface area contributed by atoms with Crippen molar-refractivity contribution in [1.29, 1.82) is 0 Å². The molecule has 5 unspecified atom stereocenters. The quantitative estimate of drug-likeness (QED) is 0.0169. The fourth-order valence-corrected chi connectivity index (χ4v) is 12.5. The molecule has 0 rings (SSSR count). The average molecular weight is 1480 g/mol. The zero-order chi connectivity index (χ0) is 74.6. The van der Waals surface area contributed by atoms with E-state index in [2.05, 4.69) is 125 Å². The van der Waals surface area contributed by atoms with Crippen LogP contribution < -0.4 is 0 Å². The van der Waals surface area contributed by atoms with Gasteiger partial charge in [-0.1, -0.05) is 298 Å². The molecule has 0 saturated carbocycles. The van der Waals surface area contributed by atoms with Crippen LogP contribution in [-0.2, 0) is 65.4 Å². The fraction of sp³-hybridized carbons (Fsp3) is 0.759. The van der Waals surface area contributed by atoms with Crippen LogP contribution in [-0.4, -0.2) is 96.7 Å². The number of aliphatic hydroxyl groups excluding tert-OH is 1. The zero-order valence-electron chi connectivity index (χ0n) is 64.5. The molecule has 0 aliphatic heterocycles. The third-order valence-corrected chi connectivity index (χ3v) is 18.9. The highest BCUT2D eigenvalue weighted by Gasteiger charge is 2.30. The summed E-state index contributed by atoms with van der Waals surface area (Å²) in [5.41, 5.74) is 0. The number of esters is 4. The van der Waals surface area contributed by atoms with Crippen molar-refractivity contribution in [3.8, 4) is 0 Å². The molecular weight excluding hydrogens is 1330 g/mol. The second-order valence-electron chi connectivity index (χ2n) is 27.0. The van der Waals surface area contributed by atoms with Crippen molar-refractivity contribution in [3.63, 3.8) is 0 Å². The van der Waals surface area contributed by atoms with Gasteiger partial charge >= 0.3 is 39.5 Å². The van der Waals surface area contributed by atoms with Crippen molar-refractivity contribution in [3.05, 3.63) is 97.2 Å². The van der Waals surface area contributed by atoms with Crippen LogP contribution in [0.1, 0.15) is 349 Å². The second kappa shape index (κ2) is 75.2. The summed E-state index contributed by atoms with van der Waals surface area (Å²) in [6.45, 7) is 4.64. The normalized spacial score (nSPS) is 14.4. The van der Waals surface area contributed by atoms with Gasteiger partial charge in [-0.3, -0.25) is 37.3 Å². The summed E-state index contributed by atoms with van der Waals surface area (Å²) in [6, 6.07) is 0. The van der Waals surface area contributed by atoms with Gasteiger partial charge < -0.3 is 33.8 Å². The molecule has 17 nitrogen and oxygen atoms in total. The molecule has 0 aliphatic rings. The van der Waals surface area contributed by atoms with Crippen molar-refractivity contribution in [2.75, 3.05) is 39.6 Å². The lowest BCUT2D eigenvalue weighted by atomic mass is 10.0. The van der Waals surface area contributed by atoms with E-state index in [9.17, 15) is 43.2 Å². The molecule has 3 N–H and O–H groups in total. The molecule has 5 atom stereocenters. The number of phosphoric acid groups is 2. The van der Waals surface area contributed by atoms with Gasteiger partial charge in [0.05, 0.1) is 26.4 Å². The molecule has 0 radical (unpaired) electrons. The molecule has 0 bridgehead atoms. The maximum Gasteiger partial charge on any atom is 0.472 e. The van der Waals surface area contributed by atoms with Gasteiger partial charge in [0.25, 0.3) is 0 Å². The van der Waals surface area contributed by atoms with Gasteiger partial charge in [0.2, 0.25) is 0 Å². The van der Waals surface area contributed by atoms with Crippen molar-refractivity contribution < 1.29 is 80.2 Å². The van der Waals surface area contributed by atoms with Gasteiger partial charge in [0, 0.05) is 25.7 Å². The summed E-state index contributed by atoms with van der Waals surface area (Å²) in [4.78, 5) is 73.1. The molecule has 0 aromatic heterocycles. The summed E-state index contributed by atoms with van der Waals surface area (Å²) in [5, 5.41) is 10.6. The van der Waals surface area contributed by atoms with Crippen molar-refractivity contribution in [1.82, 2.24) is 0 Å². The first-order valence-corrected chi connectivity index (χ1v) is 43.5. The lowest BCUT2D eigenvalue weighted by Gasteiger charge is -2.21. The Bertz CT molecular complexity index is 2310. The number of carbonyl (C=O) groups excluding carboxylic acids is 4. The number of aliphatic hydroxyl groups is 1. The van der Waals surface area contributed by atoms with Crippen LogP contribution in [0.2, 0.25) is 0 Å². The van der Waals surface area contributed by atoms with E-state index in [-0.39, 0.29) is 25.7 Å². The van der Waals surface area contributed by atoms with E-state index >= 15 is 0 Å². The van der Waals surface area contributed by atoms with Crippen molar-refractivity contribution >= 4 is 39.5 Å². The number of hydrogen-bond acceptors (Lipinski definition) is 15. The van der Waals surface area contributed by atoms with Gasteiger partial charge in [0.1, 0.15) is 19.3 Å². The highest BCUT2D eigenvalue weighted by atomic mass is 31.2. The smallest absolute Gasteiger partial charge is 0.462 e. The van der Waals surface area contributed by atoms with Gasteiger partial charge in [-0.15, -0.1) is 0 Å². The minimum Gasteiger partial charge on any atom is -0.462 e. The molecule has 0 aliphatic carbocycles. The summed E-state index contributed by atoms with van der Waals surface area (Å²) in [7, 11) is -9.96. The number of rotatable bonds is 76. The maximum atomic E-state index is 13.1. The van der Waals surface area contributed by atoms with Crippen LogP contribution in [0.5, 0.6) is 0 Å². The summed E-state index contributed by atoms with van der Waals surface area (Å²) < 4.78 is 68.6. The molecule has 0 heterocycles. The Morgan fingerprint density at radius 2 is 0.510 bits per heavy atom. The standard InChI is InChI=1S/C83H146O17P2/c1-5-9-13-17-21-25-29-33-37-38-42-44-48-52-56-60-64-68-81(86)94-74-79(100-83(88)70-66-62-58-54-50-46-41-36-32-28-24-20-16-12-8-4)76-98-102(91,92)96-72-77(84)71-95-101(89,90)97-75-78(99-82(87)69-65-61-57-53-49-45-40-35-31-27-23-19-15-11-7-3)73-93-80(85)67-63-59-55-51-47-43-39-34-30-26-22-18-14-10-6-2/h9-10,13-14,21-23,25-27,33-35,37,39-40,77-79,84H,5-8,11-12,15-20,24,28-32,36,38,41-76H2,1-4H3,(H,89,90)(H,91,92)/b13-9-,14-10-,25-21-,26-22-,27-23-,37-33-,39-34-,40-35-. The van der Waals surface area contributed by atoms with E-state index in [1.807, 2.05) is 0 Å². The Morgan fingerprint density at radius 1 is 0.284 bits per heavy atom. The van der Waals surface area contributed by atoms with Gasteiger partial charge in [-0.2, -0.15) is 0 Å². The Morgan fingerprint density at radius 3 is 0.804 bits per heavy atom. The van der Waals surface area contributed by atoms with E-state index < -0.39 is 97.5 Å². The Hall–Kier alpha value is -4.02. The molecule has 0 fully saturated rings. The molecule has 102 heavy (non-hydrogen) atoms. The minimum absolute atomic E-state index is 0.0756. The Balaban J connectivity index is 5.37. The molecule has 19 heteroatoms. The molecule has 0 amide bonds. The monoisotopic (exact) mass is 1480 g/mol. The molecule has 0 saturated heterocycles. The van der Waals surface area contributed by atoms with E-state index in [4.69, 9.17) is 37.0 Å². The largest absolute Gasteiger partial charge is 0.472 e. The van der Waals surface area contributed by atoms with Crippen LogP contribution in [0.4, 0.5) is 0 Å². The van der Waals surface area contributed by atoms with E-state index in [0.29, 0.717) is 25.7 Å². The van der Waals surface area contributed by atoms with Crippen LogP contribution in [0.25, 0.3) is 0 Å². The van der Waals surface area contributed by atoms with E-state index in [1.165, 1.54) is 83.5 Å². The molecule has 0 aromatic carbocycles. The third-order valence-electron chi connectivity index (χ3n) is 17.0. The van der Waals surface area contributed by atoms with Crippen molar-refractivity contribution in [2.24, 2.45) is 0 Å². The number of carbonyl (C=O) groups is 4. The summed E-state index contributed by atoms with van der Waals surface area (Å²) >= 11 is 0. The van der Waals surface area contributed by atoms with Gasteiger partial charge in [0.15, 0.2) is 12.2 Å². The summed E-state index contributed by atoms with van der Waals surface area (Å²) in [5.74, 6) is -2.20. The first kappa shape index (κ1) is 98.0. The van der Waals surface area contributed by atoms with Crippen LogP contribution in [0.3, 0.4) is 0 Å². The second-order valence-corrected chi connectivity index (χ2v) is 29.9. The predicted molar refractivity (Wildman–Crippen MR) is 418 cm³/mol. The average Bonchev–Trinajstić information content (AvgIpc) is 0.923. The van der Waals surface area contributed by atoms with E-state index in [1.54, 1.807) is 0 Å². The third kappa shape index (κ3) is 74.3. The fourth-order valence-electron chi connectivity index (χ4n) is 10.9. The maximum absolute atomic E-state index is 13.1. The topological polar surface area (TPSA) is 237 Å². The van der Waals surface area contributed by atoms with Crippen LogP contribution in [0, 0.1) is 0 Å². The minimum atomic E-state index is -4.98. The predicted octanol–water partition coefficient (Wildman–Crippen LogP) is 23.6. The first-order valence-electron chi connectivity index (χ1n) is 40.5. The number of unbranched alkanes of at least 4 members (excludes halogenated alkanes) is 34. The SMILES string of the molecule is CC/C=C\C/C=C\C/C=C\CCCCCCCCCC(=O)OCC(COP(=O)(O)OCC(O)COP(=O)(O)OCC(COC(=O)CCCCCCC/C=C\C/C=C\C/C=C\CC)OC(=O)CCCCCCC/C=C\C/C=C\CCCCC)OC(=O)CCCCCCCCCCCCCCCCC. The zero-order valence-corrected chi connectivity index (χ0v) is 66.3. The van der Waals surface area contributed by atoms with Crippen LogP contribution in [0.15, 0.2) is 97.2 Å². The van der Waals surface area contributed by atoms with Crippen molar-refractivity contribution in [2.45, 2.75) is 367 Å². The lowest BCUT2D eigenvalue weighted by molar-refractivity contribution is -0.161.